The van der Waals surface area contributed by atoms with Crippen LogP contribution in [0.25, 0.3) is 11.3 Å². The molecule has 6 heteroatoms. The largest absolute Gasteiger partial charge is 0.456 e. The molecule has 2 heterocycles. The monoisotopic (exact) mass is 362 g/mol. The molecule has 0 bridgehead atoms. The van der Waals surface area contributed by atoms with E-state index in [0.29, 0.717) is 12.6 Å². The molecule has 0 saturated heterocycles. The quantitative estimate of drug-likeness (QED) is 0.649. The Morgan fingerprint density at radius 1 is 1.22 bits per heavy atom. The average Bonchev–Trinajstić information content (AvgIpc) is 3.11. The van der Waals surface area contributed by atoms with Crippen molar-refractivity contribution < 1.29 is 9.53 Å². The topological polar surface area (TPSA) is 60.2 Å². The highest BCUT2D eigenvalue weighted by Gasteiger charge is 2.28. The Kier molecular flexibility index (Phi) is 4.62. The molecule has 1 aliphatic heterocycles. The molecule has 3 aromatic rings. The molecule has 138 valence electrons. The van der Waals surface area contributed by atoms with Gasteiger partial charge in [0.1, 0.15) is 23.5 Å². The minimum atomic E-state index is 0.314. The van der Waals surface area contributed by atoms with Gasteiger partial charge in [0.25, 0.3) is 0 Å². The van der Waals surface area contributed by atoms with Crippen LogP contribution >= 0.6 is 0 Å². The number of ether oxygens (including phenoxy) is 1. The predicted molar refractivity (Wildman–Crippen MR) is 104 cm³/mol. The number of aldehydes is 1. The number of hydrogen-bond donors (Lipinski definition) is 0. The van der Waals surface area contributed by atoms with E-state index in [9.17, 15) is 4.79 Å². The molecular formula is C21H22N4O2. The van der Waals surface area contributed by atoms with Crippen molar-refractivity contribution in [2.75, 3.05) is 11.4 Å². The lowest BCUT2D eigenvalue weighted by molar-refractivity contribution is -0.106. The van der Waals surface area contributed by atoms with Gasteiger partial charge in [-0.05, 0) is 44.0 Å². The Bertz CT molecular complexity index is 952. The summed E-state index contributed by atoms with van der Waals surface area (Å²) in [4.78, 5) is 13.3. The van der Waals surface area contributed by atoms with Gasteiger partial charge in [-0.3, -0.25) is 4.68 Å². The third-order valence-corrected chi connectivity index (χ3v) is 5.00. The summed E-state index contributed by atoms with van der Waals surface area (Å²) in [5, 5.41) is 8.33. The van der Waals surface area contributed by atoms with Gasteiger partial charge in [0.2, 0.25) is 0 Å². The van der Waals surface area contributed by atoms with Crippen LogP contribution in [-0.4, -0.2) is 33.9 Å². The van der Waals surface area contributed by atoms with E-state index in [1.165, 1.54) is 0 Å². The number of para-hydroxylation sites is 1. The van der Waals surface area contributed by atoms with Crippen LogP contribution in [0.4, 0.5) is 5.69 Å². The van der Waals surface area contributed by atoms with Gasteiger partial charge in [-0.2, -0.15) is 0 Å². The van der Waals surface area contributed by atoms with Gasteiger partial charge in [0.05, 0.1) is 12.7 Å². The Hall–Kier alpha value is -3.15. The Morgan fingerprint density at radius 2 is 2.04 bits per heavy atom. The Labute approximate surface area is 158 Å². The van der Waals surface area contributed by atoms with Gasteiger partial charge in [0.15, 0.2) is 0 Å². The van der Waals surface area contributed by atoms with Crippen molar-refractivity contribution in [3.8, 4) is 22.8 Å². The fourth-order valence-corrected chi connectivity index (χ4v) is 3.63. The maximum Gasteiger partial charge on any atom is 0.142 e. The molecule has 1 aliphatic rings. The maximum atomic E-state index is 11.2. The molecule has 0 spiro atoms. The SMILES string of the molecule is C[C@H]1CCc2c(ccc(-c3cn(C)nn3)c2Oc2ccccc2)N1CC=O. The number of rotatable bonds is 5. The summed E-state index contributed by atoms with van der Waals surface area (Å²) >= 11 is 0. The van der Waals surface area contributed by atoms with Gasteiger partial charge in [-0.25, -0.2) is 0 Å². The van der Waals surface area contributed by atoms with Gasteiger partial charge < -0.3 is 14.4 Å². The van der Waals surface area contributed by atoms with Crippen LogP contribution in [0, 0.1) is 0 Å². The zero-order valence-electron chi connectivity index (χ0n) is 15.5. The Balaban J connectivity index is 1.87. The standard InChI is InChI=1S/C21H22N4O2/c1-15-8-9-18-20(25(15)12-13-26)11-10-17(19-14-24(2)23-22-19)21(18)27-16-6-4-3-5-7-16/h3-7,10-11,13-15H,8-9,12H2,1-2H3/t15-/m0/s1. The fourth-order valence-electron chi connectivity index (χ4n) is 3.63. The van der Waals surface area contributed by atoms with E-state index in [2.05, 4.69) is 28.2 Å². The first-order chi connectivity index (χ1) is 13.2. The van der Waals surface area contributed by atoms with Gasteiger partial charge in [-0.15, -0.1) is 5.10 Å². The van der Waals surface area contributed by atoms with E-state index in [0.717, 1.165) is 53.1 Å². The summed E-state index contributed by atoms with van der Waals surface area (Å²) in [6, 6.07) is 14.1. The van der Waals surface area contributed by atoms with Crippen molar-refractivity contribution in [3.05, 3.63) is 54.2 Å². The van der Waals surface area contributed by atoms with Gasteiger partial charge in [-0.1, -0.05) is 23.4 Å². The number of fused-ring (bicyclic) bond motifs is 1. The molecule has 0 N–H and O–H groups in total. The molecule has 6 nitrogen and oxygen atoms in total. The summed E-state index contributed by atoms with van der Waals surface area (Å²) < 4.78 is 8.02. The average molecular weight is 362 g/mol. The van der Waals surface area contributed by atoms with Crippen molar-refractivity contribution in [2.45, 2.75) is 25.8 Å². The zero-order chi connectivity index (χ0) is 18.8. The third-order valence-electron chi connectivity index (χ3n) is 5.00. The van der Waals surface area contributed by atoms with Crippen LogP contribution < -0.4 is 9.64 Å². The fraction of sp³-hybridized carbons (Fsp3) is 0.286. The molecule has 0 aliphatic carbocycles. The molecule has 0 unspecified atom stereocenters. The number of nitrogens with zero attached hydrogens (tertiary/aromatic N) is 4. The van der Waals surface area contributed by atoms with Crippen LogP contribution in [0.5, 0.6) is 11.5 Å². The normalized spacial score (nSPS) is 16.1. The number of carbonyl (C=O) groups is 1. The molecule has 0 fully saturated rings. The third kappa shape index (κ3) is 3.30. The van der Waals surface area contributed by atoms with E-state index < -0.39 is 0 Å². The van der Waals surface area contributed by atoms with E-state index in [-0.39, 0.29) is 0 Å². The molecule has 1 aromatic heterocycles. The summed E-state index contributed by atoms with van der Waals surface area (Å²) in [6.07, 6.45) is 4.70. The van der Waals surface area contributed by atoms with Crippen molar-refractivity contribution in [3.63, 3.8) is 0 Å². The number of aromatic nitrogens is 3. The maximum absolute atomic E-state index is 11.2. The summed E-state index contributed by atoms with van der Waals surface area (Å²) in [5.74, 6) is 1.57. The highest BCUT2D eigenvalue weighted by Crippen LogP contribution is 2.43. The van der Waals surface area contributed by atoms with E-state index in [1.54, 1.807) is 4.68 Å². The number of hydrogen-bond acceptors (Lipinski definition) is 5. The molecule has 1 atom stereocenters. The van der Waals surface area contributed by atoms with Crippen LogP contribution in [0.2, 0.25) is 0 Å². The number of benzene rings is 2. The number of anilines is 1. The van der Waals surface area contributed by atoms with Crippen molar-refractivity contribution in [1.82, 2.24) is 15.0 Å². The number of aryl methyl sites for hydroxylation is 1. The summed E-state index contributed by atoms with van der Waals surface area (Å²) in [6.45, 7) is 2.53. The lowest BCUT2D eigenvalue weighted by atomic mass is 9.93. The molecule has 0 saturated carbocycles. The summed E-state index contributed by atoms with van der Waals surface area (Å²) in [7, 11) is 1.85. The van der Waals surface area contributed by atoms with Crippen molar-refractivity contribution in [1.29, 1.82) is 0 Å². The highest BCUT2D eigenvalue weighted by molar-refractivity contribution is 5.77. The second-order valence-electron chi connectivity index (χ2n) is 6.84. The van der Waals surface area contributed by atoms with E-state index in [4.69, 9.17) is 4.74 Å². The van der Waals surface area contributed by atoms with Crippen molar-refractivity contribution >= 4 is 12.0 Å². The predicted octanol–water partition coefficient (Wildman–Crippen LogP) is 3.61. The van der Waals surface area contributed by atoms with Crippen molar-refractivity contribution in [2.24, 2.45) is 7.05 Å². The first-order valence-corrected chi connectivity index (χ1v) is 9.13. The van der Waals surface area contributed by atoms with E-state index in [1.807, 2.05) is 49.6 Å². The minimum Gasteiger partial charge on any atom is -0.456 e. The molecular weight excluding hydrogens is 340 g/mol. The summed E-state index contributed by atoms with van der Waals surface area (Å²) in [5.41, 5.74) is 3.85. The molecule has 0 radical (unpaired) electrons. The lowest BCUT2D eigenvalue weighted by Gasteiger charge is -2.37. The smallest absolute Gasteiger partial charge is 0.142 e. The van der Waals surface area contributed by atoms with Crippen LogP contribution in [0.1, 0.15) is 18.9 Å². The van der Waals surface area contributed by atoms with Crippen LogP contribution in [0.3, 0.4) is 0 Å². The first kappa shape index (κ1) is 17.3. The zero-order valence-corrected chi connectivity index (χ0v) is 15.5. The van der Waals surface area contributed by atoms with Gasteiger partial charge in [0, 0.05) is 29.9 Å². The Morgan fingerprint density at radius 3 is 2.74 bits per heavy atom. The number of carbonyl (C=O) groups excluding carboxylic acids is 1. The van der Waals surface area contributed by atoms with E-state index >= 15 is 0 Å². The molecule has 2 aromatic carbocycles. The first-order valence-electron chi connectivity index (χ1n) is 9.13. The molecule has 0 amide bonds. The highest BCUT2D eigenvalue weighted by atomic mass is 16.5. The van der Waals surface area contributed by atoms with Crippen LogP contribution in [0.15, 0.2) is 48.7 Å². The second-order valence-corrected chi connectivity index (χ2v) is 6.84. The molecule has 27 heavy (non-hydrogen) atoms. The van der Waals surface area contributed by atoms with Crippen LogP contribution in [-0.2, 0) is 18.3 Å². The lowest BCUT2D eigenvalue weighted by Crippen LogP contribution is -2.38. The second kappa shape index (κ2) is 7.23. The van der Waals surface area contributed by atoms with Gasteiger partial charge >= 0.3 is 0 Å². The minimum absolute atomic E-state index is 0.314. The molecule has 4 rings (SSSR count).